The Kier molecular flexibility index (Phi) is 4.02. The quantitative estimate of drug-likeness (QED) is 0.615. The van der Waals surface area contributed by atoms with Gasteiger partial charge in [-0.3, -0.25) is 9.48 Å². The number of hydrogen-bond donors (Lipinski definition) is 2. The van der Waals surface area contributed by atoms with Gasteiger partial charge < -0.3 is 15.8 Å². The van der Waals surface area contributed by atoms with Gasteiger partial charge >= 0.3 is 0 Å². The molecule has 0 atom stereocenters. The summed E-state index contributed by atoms with van der Waals surface area (Å²) in [4.78, 5) is 11.7. The third-order valence-electron chi connectivity index (χ3n) is 2.53. The highest BCUT2D eigenvalue weighted by atomic mass is 16.5. The molecule has 0 unspecified atom stereocenters. The second-order valence-corrected chi connectivity index (χ2v) is 4.04. The molecule has 100 valence electrons. The van der Waals surface area contributed by atoms with Crippen molar-refractivity contribution in [1.29, 1.82) is 0 Å². The Morgan fingerprint density at radius 1 is 1.47 bits per heavy atom. The molecular formula is C13H16N4O2. The molecule has 0 aliphatic heterocycles. The van der Waals surface area contributed by atoms with Gasteiger partial charge in [-0.25, -0.2) is 0 Å². The Morgan fingerprint density at radius 2 is 2.26 bits per heavy atom. The third-order valence-corrected chi connectivity index (χ3v) is 2.53. The molecule has 0 fully saturated rings. The molecule has 0 saturated heterocycles. The summed E-state index contributed by atoms with van der Waals surface area (Å²) in [6.07, 6.45) is 3.18. The highest BCUT2D eigenvalue weighted by Crippen LogP contribution is 2.19. The minimum atomic E-state index is -0.169. The van der Waals surface area contributed by atoms with E-state index < -0.39 is 0 Å². The van der Waals surface area contributed by atoms with E-state index >= 15 is 0 Å². The summed E-state index contributed by atoms with van der Waals surface area (Å²) in [5, 5.41) is 6.68. The number of nitrogens with one attached hydrogen (secondary N) is 1. The minimum absolute atomic E-state index is 0.169. The summed E-state index contributed by atoms with van der Waals surface area (Å²) in [7, 11) is 1.76. The Hall–Kier alpha value is -2.50. The summed E-state index contributed by atoms with van der Waals surface area (Å²) in [5.74, 6) is 0.455. The number of anilines is 1. The van der Waals surface area contributed by atoms with Crippen LogP contribution in [0.1, 0.15) is 10.4 Å². The molecule has 0 saturated carbocycles. The van der Waals surface area contributed by atoms with Crippen molar-refractivity contribution in [2.45, 2.75) is 0 Å². The predicted octanol–water partition coefficient (Wildman–Crippen LogP) is 0.811. The SMILES string of the molecule is Cn1cc(C(=O)NCCOc2ccccc2N)cn1. The van der Waals surface area contributed by atoms with Crippen LogP contribution in [0.15, 0.2) is 36.7 Å². The van der Waals surface area contributed by atoms with Crippen LogP contribution in [0, 0.1) is 0 Å². The Bertz CT molecular complexity index is 565. The minimum Gasteiger partial charge on any atom is -0.490 e. The van der Waals surface area contributed by atoms with Crippen molar-refractivity contribution in [2.24, 2.45) is 7.05 Å². The molecule has 0 aliphatic carbocycles. The molecule has 2 aromatic rings. The average molecular weight is 260 g/mol. The van der Waals surface area contributed by atoms with Gasteiger partial charge in [0, 0.05) is 13.2 Å². The van der Waals surface area contributed by atoms with Crippen LogP contribution in [-0.2, 0) is 7.05 Å². The number of aryl methyl sites for hydroxylation is 1. The van der Waals surface area contributed by atoms with Gasteiger partial charge in [0.1, 0.15) is 12.4 Å². The summed E-state index contributed by atoms with van der Waals surface area (Å²) in [5.41, 5.74) is 6.85. The van der Waals surface area contributed by atoms with Crippen molar-refractivity contribution < 1.29 is 9.53 Å². The molecule has 19 heavy (non-hydrogen) atoms. The number of aromatic nitrogens is 2. The number of nitrogens with zero attached hydrogens (tertiary/aromatic N) is 2. The summed E-state index contributed by atoms with van der Waals surface area (Å²) < 4.78 is 7.05. The molecule has 2 rings (SSSR count). The van der Waals surface area contributed by atoms with E-state index in [2.05, 4.69) is 10.4 Å². The fourth-order valence-electron chi connectivity index (χ4n) is 1.58. The lowest BCUT2D eigenvalue weighted by molar-refractivity contribution is 0.0947. The molecule has 3 N–H and O–H groups in total. The zero-order valence-corrected chi connectivity index (χ0v) is 10.7. The molecule has 1 aromatic carbocycles. The van der Waals surface area contributed by atoms with E-state index in [0.29, 0.717) is 30.2 Å². The van der Waals surface area contributed by atoms with Crippen LogP contribution < -0.4 is 15.8 Å². The second kappa shape index (κ2) is 5.90. The maximum absolute atomic E-state index is 11.7. The predicted molar refractivity (Wildman–Crippen MR) is 71.9 cm³/mol. The molecule has 0 spiro atoms. The third kappa shape index (κ3) is 3.48. The van der Waals surface area contributed by atoms with E-state index in [4.69, 9.17) is 10.5 Å². The van der Waals surface area contributed by atoms with Crippen LogP contribution in [0.5, 0.6) is 5.75 Å². The number of benzene rings is 1. The number of nitrogens with two attached hydrogens (primary N) is 1. The lowest BCUT2D eigenvalue weighted by Gasteiger charge is -2.08. The van der Waals surface area contributed by atoms with Crippen LogP contribution in [-0.4, -0.2) is 28.8 Å². The monoisotopic (exact) mass is 260 g/mol. The van der Waals surface area contributed by atoms with Crippen molar-refractivity contribution in [1.82, 2.24) is 15.1 Å². The molecular weight excluding hydrogens is 244 g/mol. The Labute approximate surface area is 111 Å². The fourth-order valence-corrected chi connectivity index (χ4v) is 1.58. The molecule has 1 amide bonds. The number of ether oxygens (including phenoxy) is 1. The van der Waals surface area contributed by atoms with Crippen LogP contribution in [0.3, 0.4) is 0 Å². The van der Waals surface area contributed by atoms with Crippen molar-refractivity contribution in [3.05, 3.63) is 42.2 Å². The number of amides is 1. The first-order valence-electron chi connectivity index (χ1n) is 5.91. The molecule has 0 bridgehead atoms. The lowest BCUT2D eigenvalue weighted by Crippen LogP contribution is -2.27. The first kappa shape index (κ1) is 12.9. The summed E-state index contributed by atoms with van der Waals surface area (Å²) in [6, 6.07) is 7.24. The van der Waals surface area contributed by atoms with Crippen molar-refractivity contribution >= 4 is 11.6 Å². The van der Waals surface area contributed by atoms with Gasteiger partial charge in [0.05, 0.1) is 24.0 Å². The van der Waals surface area contributed by atoms with E-state index in [0.717, 1.165) is 0 Å². The van der Waals surface area contributed by atoms with Crippen LogP contribution in [0.4, 0.5) is 5.69 Å². The molecule has 6 heteroatoms. The number of hydrogen-bond acceptors (Lipinski definition) is 4. The maximum atomic E-state index is 11.7. The van der Waals surface area contributed by atoms with E-state index in [1.54, 1.807) is 30.1 Å². The molecule has 0 aliphatic rings. The number of para-hydroxylation sites is 2. The van der Waals surface area contributed by atoms with Gasteiger partial charge in [-0.15, -0.1) is 0 Å². The lowest BCUT2D eigenvalue weighted by atomic mass is 10.3. The molecule has 1 aromatic heterocycles. The smallest absolute Gasteiger partial charge is 0.254 e. The largest absolute Gasteiger partial charge is 0.490 e. The van der Waals surface area contributed by atoms with Crippen LogP contribution >= 0.6 is 0 Å². The van der Waals surface area contributed by atoms with Crippen molar-refractivity contribution in [3.63, 3.8) is 0 Å². The molecule has 6 nitrogen and oxygen atoms in total. The molecule has 1 heterocycles. The normalized spacial score (nSPS) is 10.2. The van der Waals surface area contributed by atoms with Crippen LogP contribution in [0.25, 0.3) is 0 Å². The van der Waals surface area contributed by atoms with E-state index in [9.17, 15) is 4.79 Å². The van der Waals surface area contributed by atoms with Crippen molar-refractivity contribution in [2.75, 3.05) is 18.9 Å². The summed E-state index contributed by atoms with van der Waals surface area (Å²) >= 11 is 0. The van der Waals surface area contributed by atoms with E-state index in [-0.39, 0.29) is 5.91 Å². The van der Waals surface area contributed by atoms with E-state index in [1.165, 1.54) is 6.20 Å². The van der Waals surface area contributed by atoms with Gasteiger partial charge in [-0.1, -0.05) is 12.1 Å². The van der Waals surface area contributed by atoms with Gasteiger partial charge in [-0.2, -0.15) is 5.10 Å². The zero-order chi connectivity index (χ0) is 13.7. The first-order chi connectivity index (χ1) is 9.16. The van der Waals surface area contributed by atoms with Gasteiger partial charge in [0.2, 0.25) is 0 Å². The number of carbonyl (C=O) groups excluding carboxylic acids is 1. The van der Waals surface area contributed by atoms with Gasteiger partial charge in [0.15, 0.2) is 0 Å². The Morgan fingerprint density at radius 3 is 2.95 bits per heavy atom. The number of carbonyl (C=O) groups is 1. The molecule has 0 radical (unpaired) electrons. The number of rotatable bonds is 5. The number of nitrogen functional groups attached to an aromatic ring is 1. The maximum Gasteiger partial charge on any atom is 0.254 e. The summed E-state index contributed by atoms with van der Waals surface area (Å²) in [6.45, 7) is 0.766. The van der Waals surface area contributed by atoms with E-state index in [1.807, 2.05) is 12.1 Å². The van der Waals surface area contributed by atoms with Gasteiger partial charge in [0.25, 0.3) is 5.91 Å². The topological polar surface area (TPSA) is 82.2 Å². The van der Waals surface area contributed by atoms with Gasteiger partial charge in [-0.05, 0) is 12.1 Å². The van der Waals surface area contributed by atoms with Crippen molar-refractivity contribution in [3.8, 4) is 5.75 Å². The Balaban J connectivity index is 1.75. The second-order valence-electron chi connectivity index (χ2n) is 4.04. The average Bonchev–Trinajstić information content (AvgIpc) is 2.83. The highest BCUT2D eigenvalue weighted by molar-refractivity contribution is 5.93. The highest BCUT2D eigenvalue weighted by Gasteiger charge is 2.06. The standard InChI is InChI=1S/C13H16N4O2/c1-17-9-10(8-16-17)13(18)15-6-7-19-12-5-3-2-4-11(12)14/h2-5,8-9H,6-7,14H2,1H3,(H,15,18). The first-order valence-corrected chi connectivity index (χ1v) is 5.91. The van der Waals surface area contributed by atoms with Crippen LogP contribution in [0.2, 0.25) is 0 Å². The zero-order valence-electron chi connectivity index (χ0n) is 10.7. The fraction of sp³-hybridized carbons (Fsp3) is 0.231.